The minimum absolute atomic E-state index is 0.176. The number of nitrogens with one attached hydrogen (secondary N) is 2. The van der Waals surface area contributed by atoms with E-state index in [2.05, 4.69) is 10.6 Å². The predicted molar refractivity (Wildman–Crippen MR) is 138 cm³/mol. The number of carbonyl (C=O) groups is 6. The van der Waals surface area contributed by atoms with Crippen LogP contribution in [0, 0.1) is 0 Å². The second-order valence-electron chi connectivity index (χ2n) is 8.71. The van der Waals surface area contributed by atoms with E-state index in [1.165, 1.54) is 24.3 Å². The van der Waals surface area contributed by atoms with Crippen LogP contribution in [-0.4, -0.2) is 105 Å². The summed E-state index contributed by atoms with van der Waals surface area (Å²) in [6.07, 6.45) is 0. The number of hydrogen-bond acceptors (Lipinski definition) is 8. The van der Waals surface area contributed by atoms with Crippen LogP contribution in [0.15, 0.2) is 60.7 Å². The van der Waals surface area contributed by atoms with Gasteiger partial charge in [-0.25, -0.2) is 9.59 Å². The molecular weight excluding hydrogens is 528 g/mol. The van der Waals surface area contributed by atoms with Crippen LogP contribution >= 0.6 is 0 Å². The van der Waals surface area contributed by atoms with Crippen molar-refractivity contribution in [3.05, 3.63) is 71.8 Å². The number of rotatable bonds is 17. The molecule has 0 saturated heterocycles. The molecule has 2 amide bonds. The fourth-order valence-corrected chi connectivity index (χ4v) is 3.78. The van der Waals surface area contributed by atoms with Gasteiger partial charge in [-0.05, 0) is 11.1 Å². The zero-order valence-electron chi connectivity index (χ0n) is 21.3. The van der Waals surface area contributed by atoms with E-state index < -0.39 is 74.0 Å². The summed E-state index contributed by atoms with van der Waals surface area (Å²) in [5.74, 6) is -6.80. The summed E-state index contributed by atoms with van der Waals surface area (Å²) in [4.78, 5) is 73.6. The van der Waals surface area contributed by atoms with Gasteiger partial charge in [-0.15, -0.1) is 0 Å². The maximum absolute atomic E-state index is 12.6. The number of amides is 2. The molecule has 2 aromatic rings. The summed E-state index contributed by atoms with van der Waals surface area (Å²) in [6, 6.07) is 13.0. The Labute approximate surface area is 228 Å². The molecule has 214 valence electrons. The quantitative estimate of drug-likeness (QED) is 0.147. The van der Waals surface area contributed by atoms with Crippen LogP contribution in [0.3, 0.4) is 0 Å². The van der Waals surface area contributed by atoms with Crippen LogP contribution in [0.2, 0.25) is 0 Å². The molecule has 40 heavy (non-hydrogen) atoms. The summed E-state index contributed by atoms with van der Waals surface area (Å²) in [5.41, 5.74) is 0.615. The first-order valence-electron chi connectivity index (χ1n) is 12.0. The Kier molecular flexibility index (Phi) is 12.2. The van der Waals surface area contributed by atoms with Gasteiger partial charge in [0.05, 0.1) is 26.2 Å². The van der Waals surface area contributed by atoms with E-state index in [9.17, 15) is 49.2 Å². The minimum atomic E-state index is -1.38. The molecule has 0 heterocycles. The normalized spacial score (nSPS) is 12.3. The molecule has 2 rings (SSSR count). The monoisotopic (exact) mass is 558 g/mol. The van der Waals surface area contributed by atoms with Crippen LogP contribution < -0.4 is 10.6 Å². The molecule has 0 saturated carbocycles. The fourth-order valence-electron chi connectivity index (χ4n) is 3.78. The summed E-state index contributed by atoms with van der Waals surface area (Å²) in [6.45, 7) is -2.65. The van der Waals surface area contributed by atoms with Crippen molar-refractivity contribution in [1.29, 1.82) is 0 Å². The summed E-state index contributed by atoms with van der Waals surface area (Å²) in [5, 5.41) is 42.2. The minimum Gasteiger partial charge on any atom is -0.480 e. The van der Waals surface area contributed by atoms with E-state index in [-0.39, 0.29) is 13.1 Å². The number of aliphatic carboxylic acids is 4. The van der Waals surface area contributed by atoms with Crippen LogP contribution in [-0.2, 0) is 28.8 Å². The maximum atomic E-state index is 12.6. The zero-order valence-corrected chi connectivity index (χ0v) is 21.3. The molecule has 6 N–H and O–H groups in total. The van der Waals surface area contributed by atoms with Crippen molar-refractivity contribution in [3.63, 3.8) is 0 Å². The van der Waals surface area contributed by atoms with Crippen molar-refractivity contribution < 1.29 is 49.2 Å². The maximum Gasteiger partial charge on any atom is 0.330 e. The van der Waals surface area contributed by atoms with Gasteiger partial charge in [-0.2, -0.15) is 0 Å². The number of carbonyl (C=O) groups excluding carboxylic acids is 2. The lowest BCUT2D eigenvalue weighted by Gasteiger charge is -2.26. The highest BCUT2D eigenvalue weighted by molar-refractivity contribution is 5.86. The molecule has 14 heteroatoms. The van der Waals surface area contributed by atoms with Crippen molar-refractivity contribution in [3.8, 4) is 0 Å². The second-order valence-corrected chi connectivity index (χ2v) is 8.71. The molecular formula is C26H30N4O10. The third-order valence-electron chi connectivity index (χ3n) is 5.55. The average molecular weight is 559 g/mol. The lowest BCUT2D eigenvalue weighted by Crippen LogP contribution is -2.48. The van der Waals surface area contributed by atoms with Gasteiger partial charge in [0, 0.05) is 13.1 Å². The Bertz CT molecular complexity index is 1100. The standard InChI is InChI=1S/C26H30N4O10/c31-19(27-23(25(37)38)17-7-3-1-4-8-17)13-29(15-21(33)34)11-12-30(16-22(35)36)14-20(32)28-24(26(39)40)18-9-5-2-6-10-18/h1-10,23-24H,11-16H2,(H,27,31)(H,28,32)(H,33,34)(H,35,36)(H,37,38)(H,39,40)/t23-,24+. The van der Waals surface area contributed by atoms with Crippen LogP contribution in [0.25, 0.3) is 0 Å². The van der Waals surface area contributed by atoms with Crippen molar-refractivity contribution in [2.45, 2.75) is 12.1 Å². The second kappa shape index (κ2) is 15.6. The number of benzene rings is 2. The summed E-state index contributed by atoms with van der Waals surface area (Å²) >= 11 is 0. The van der Waals surface area contributed by atoms with Crippen molar-refractivity contribution in [1.82, 2.24) is 20.4 Å². The van der Waals surface area contributed by atoms with Gasteiger partial charge < -0.3 is 31.1 Å². The van der Waals surface area contributed by atoms with E-state index in [0.717, 1.165) is 9.80 Å². The van der Waals surface area contributed by atoms with Crippen LogP contribution in [0.1, 0.15) is 23.2 Å². The summed E-state index contributed by atoms with van der Waals surface area (Å²) in [7, 11) is 0. The Balaban J connectivity index is 2.06. The van der Waals surface area contributed by atoms with Gasteiger partial charge in [0.1, 0.15) is 0 Å². The smallest absolute Gasteiger partial charge is 0.330 e. The Morgan fingerprint density at radius 3 is 1.15 bits per heavy atom. The highest BCUT2D eigenvalue weighted by atomic mass is 16.4. The molecule has 0 spiro atoms. The van der Waals surface area contributed by atoms with Crippen molar-refractivity contribution in [2.75, 3.05) is 39.3 Å². The third kappa shape index (κ3) is 10.9. The first-order chi connectivity index (χ1) is 19.0. The number of nitrogens with zero attached hydrogens (tertiary/aromatic N) is 2. The molecule has 0 aliphatic carbocycles. The van der Waals surface area contributed by atoms with Gasteiger partial charge in [0.15, 0.2) is 12.1 Å². The average Bonchev–Trinajstić information content (AvgIpc) is 2.89. The molecule has 0 unspecified atom stereocenters. The molecule has 0 radical (unpaired) electrons. The van der Waals surface area contributed by atoms with Crippen LogP contribution in [0.5, 0.6) is 0 Å². The highest BCUT2D eigenvalue weighted by Crippen LogP contribution is 2.14. The van der Waals surface area contributed by atoms with Gasteiger partial charge in [-0.3, -0.25) is 29.0 Å². The molecule has 0 aliphatic rings. The van der Waals surface area contributed by atoms with E-state index in [1.54, 1.807) is 36.4 Å². The van der Waals surface area contributed by atoms with Gasteiger partial charge in [0.25, 0.3) is 0 Å². The zero-order chi connectivity index (χ0) is 29.7. The predicted octanol–water partition coefficient (Wildman–Crippen LogP) is -0.356. The molecule has 2 atom stereocenters. The molecule has 2 aromatic carbocycles. The number of carboxylic acids is 4. The van der Waals surface area contributed by atoms with E-state index in [0.29, 0.717) is 11.1 Å². The first kappa shape index (κ1) is 31.4. The van der Waals surface area contributed by atoms with Gasteiger partial charge in [-0.1, -0.05) is 60.7 Å². The topological polar surface area (TPSA) is 214 Å². The van der Waals surface area contributed by atoms with Gasteiger partial charge >= 0.3 is 23.9 Å². The summed E-state index contributed by atoms with van der Waals surface area (Å²) < 4.78 is 0. The third-order valence-corrected chi connectivity index (χ3v) is 5.55. The van der Waals surface area contributed by atoms with Crippen molar-refractivity contribution in [2.24, 2.45) is 0 Å². The van der Waals surface area contributed by atoms with E-state index >= 15 is 0 Å². The largest absolute Gasteiger partial charge is 0.480 e. The van der Waals surface area contributed by atoms with E-state index in [4.69, 9.17) is 0 Å². The molecule has 14 nitrogen and oxygen atoms in total. The van der Waals surface area contributed by atoms with Crippen LogP contribution in [0.4, 0.5) is 0 Å². The molecule has 0 bridgehead atoms. The molecule has 0 fully saturated rings. The fraction of sp³-hybridized carbons (Fsp3) is 0.308. The molecule has 0 aromatic heterocycles. The van der Waals surface area contributed by atoms with Crippen molar-refractivity contribution >= 4 is 35.7 Å². The Morgan fingerprint density at radius 1 is 0.550 bits per heavy atom. The lowest BCUT2D eigenvalue weighted by molar-refractivity contribution is -0.143. The lowest BCUT2D eigenvalue weighted by atomic mass is 10.1. The van der Waals surface area contributed by atoms with E-state index in [1.807, 2.05) is 0 Å². The highest BCUT2D eigenvalue weighted by Gasteiger charge is 2.26. The Morgan fingerprint density at radius 2 is 0.875 bits per heavy atom. The number of hydrogen-bond donors (Lipinski definition) is 6. The first-order valence-corrected chi connectivity index (χ1v) is 12.0. The SMILES string of the molecule is O=C(O)CN(CCN(CC(=O)O)CC(=O)N[C@@H](C(=O)O)c1ccccc1)CC(=O)N[C@H](C(=O)O)c1ccccc1. The Hall–Kier alpha value is -4.82. The van der Waals surface area contributed by atoms with Gasteiger partial charge in [0.2, 0.25) is 11.8 Å². The number of carboxylic acid groups (broad SMARTS) is 4. The molecule has 0 aliphatic heterocycles.